The first-order valence-corrected chi connectivity index (χ1v) is 9.12. The Morgan fingerprint density at radius 1 is 0.684 bits per heavy atom. The van der Waals surface area contributed by atoms with Crippen molar-refractivity contribution in [2.24, 2.45) is 0 Å². The van der Waals surface area contributed by atoms with Crippen molar-refractivity contribution in [3.63, 3.8) is 0 Å². The summed E-state index contributed by atoms with van der Waals surface area (Å²) in [6.07, 6.45) is -11.3. The van der Waals surface area contributed by atoms with E-state index in [9.17, 15) is 43.2 Å². The average molecular weight is 537 g/mol. The molecule has 0 fully saturated rings. The zero-order chi connectivity index (χ0) is 15.5. The standard InChI is InChI=1S/2CHF3O4S.Pb/c2*2-1(3,4)8-9(5,6)7;/h2*(H,5,6,7);/q;;+2/p-2. The van der Waals surface area contributed by atoms with Crippen LogP contribution < -0.4 is 0 Å². The molecule has 0 spiro atoms. The summed E-state index contributed by atoms with van der Waals surface area (Å²) in [5, 5.41) is 0. The Hall–Kier alpha value is 0.242. The van der Waals surface area contributed by atoms with E-state index in [-0.39, 0.29) is 0 Å². The molecule has 0 unspecified atom stereocenters. The SMILES string of the molecule is O=S(=O)([O][Pb][O]S(=O)(=O)OC(F)(F)F)OC(F)(F)F. The van der Waals surface area contributed by atoms with Crippen LogP contribution in [0.15, 0.2) is 0 Å². The molecule has 0 aromatic rings. The van der Waals surface area contributed by atoms with Crippen molar-refractivity contribution >= 4 is 45.9 Å². The molecule has 0 atom stereocenters. The molecule has 19 heavy (non-hydrogen) atoms. The van der Waals surface area contributed by atoms with Gasteiger partial charge >= 0.3 is 114 Å². The van der Waals surface area contributed by atoms with Gasteiger partial charge in [0.1, 0.15) is 0 Å². The second-order valence-electron chi connectivity index (χ2n) is 2.12. The normalized spacial score (nSPS) is 14.6. The number of hydrogen-bond acceptors (Lipinski definition) is 8. The number of rotatable bonds is 6. The van der Waals surface area contributed by atoms with E-state index >= 15 is 0 Å². The van der Waals surface area contributed by atoms with Crippen LogP contribution in [0.2, 0.25) is 0 Å². The molecule has 0 aliphatic rings. The van der Waals surface area contributed by atoms with Gasteiger partial charge in [0.2, 0.25) is 0 Å². The van der Waals surface area contributed by atoms with Crippen molar-refractivity contribution in [3.05, 3.63) is 0 Å². The van der Waals surface area contributed by atoms with Gasteiger partial charge in [-0.15, -0.1) is 0 Å². The first-order chi connectivity index (χ1) is 8.12. The summed E-state index contributed by atoms with van der Waals surface area (Å²) in [5.41, 5.74) is 0. The van der Waals surface area contributed by atoms with Crippen LogP contribution in [-0.2, 0) is 33.4 Å². The van der Waals surface area contributed by atoms with Crippen LogP contribution in [0.25, 0.3) is 0 Å². The van der Waals surface area contributed by atoms with Crippen LogP contribution in [0.5, 0.6) is 0 Å². The maximum atomic E-state index is 11.4. The Balaban J connectivity index is 4.39. The molecular weight excluding hydrogens is 537 g/mol. The molecule has 0 aromatic carbocycles. The second kappa shape index (κ2) is 6.34. The van der Waals surface area contributed by atoms with E-state index in [4.69, 9.17) is 0 Å². The van der Waals surface area contributed by atoms with Crippen LogP contribution in [0.3, 0.4) is 0 Å². The third-order valence-electron chi connectivity index (χ3n) is 0.665. The van der Waals surface area contributed by atoms with Gasteiger partial charge in [0.15, 0.2) is 0 Å². The van der Waals surface area contributed by atoms with Gasteiger partial charge in [-0.25, -0.2) is 0 Å². The van der Waals surface area contributed by atoms with Crippen molar-refractivity contribution in [1.82, 2.24) is 0 Å². The first kappa shape index (κ1) is 19.2. The Morgan fingerprint density at radius 2 is 0.947 bits per heavy atom. The number of hydrogen-bond donors (Lipinski definition) is 0. The fourth-order valence-corrected chi connectivity index (χ4v) is 4.88. The molecule has 17 heteroatoms. The number of alkyl halides is 6. The van der Waals surface area contributed by atoms with Crippen LogP contribution in [-0.4, -0.2) is 54.7 Å². The van der Waals surface area contributed by atoms with Gasteiger partial charge < -0.3 is 0 Å². The predicted molar refractivity (Wildman–Crippen MR) is 40.0 cm³/mol. The predicted octanol–water partition coefficient (Wildman–Crippen LogP) is 0.116. The summed E-state index contributed by atoms with van der Waals surface area (Å²) in [6, 6.07) is 0. The first-order valence-electron chi connectivity index (χ1n) is 3.28. The van der Waals surface area contributed by atoms with E-state index in [1.165, 1.54) is 0 Å². The molecule has 8 nitrogen and oxygen atoms in total. The molecule has 0 aliphatic heterocycles. The zero-order valence-corrected chi connectivity index (χ0v) is 13.4. The summed E-state index contributed by atoms with van der Waals surface area (Å²) in [4.78, 5) is 0. The van der Waals surface area contributed by atoms with Gasteiger partial charge in [-0.2, -0.15) is 0 Å². The maximum absolute atomic E-state index is 11.4. The van der Waals surface area contributed by atoms with E-state index < -0.39 is 58.7 Å². The van der Waals surface area contributed by atoms with E-state index in [2.05, 4.69) is 12.6 Å². The molecule has 0 aromatic heterocycles. The Bertz CT molecular complexity index is 442. The van der Waals surface area contributed by atoms with E-state index in [0.29, 0.717) is 0 Å². The topological polar surface area (TPSA) is 105 Å². The van der Waals surface area contributed by atoms with Gasteiger partial charge in [0, 0.05) is 0 Å². The van der Waals surface area contributed by atoms with Gasteiger partial charge in [-0.1, -0.05) is 0 Å². The van der Waals surface area contributed by atoms with Crippen molar-refractivity contribution < 1.29 is 55.8 Å². The molecule has 0 N–H and O–H groups in total. The molecule has 0 saturated carbocycles. The van der Waals surface area contributed by atoms with Crippen LogP contribution in [0, 0.1) is 0 Å². The molecule has 0 heterocycles. The Labute approximate surface area is 114 Å². The molecule has 0 bridgehead atoms. The van der Waals surface area contributed by atoms with Crippen molar-refractivity contribution in [3.8, 4) is 0 Å². The van der Waals surface area contributed by atoms with Crippen LogP contribution in [0.4, 0.5) is 26.3 Å². The summed E-state index contributed by atoms with van der Waals surface area (Å²) in [5.74, 6) is 0. The quantitative estimate of drug-likeness (QED) is 0.348. The Kier molecular flexibility index (Phi) is 6.42. The summed E-state index contributed by atoms with van der Waals surface area (Å²) in [7, 11) is -11.3. The fraction of sp³-hybridized carbons (Fsp3) is 1.00. The van der Waals surface area contributed by atoms with Gasteiger partial charge in [-0.05, 0) is 0 Å². The van der Waals surface area contributed by atoms with Gasteiger partial charge in [0.25, 0.3) is 0 Å². The Morgan fingerprint density at radius 3 is 1.16 bits per heavy atom. The minimum atomic E-state index is -5.67. The van der Waals surface area contributed by atoms with Crippen LogP contribution in [0.1, 0.15) is 0 Å². The average Bonchev–Trinajstić information content (AvgIpc) is 1.90. The molecular formula is C2F6O8PbS2. The molecule has 0 rings (SSSR count). The third-order valence-corrected chi connectivity index (χ3v) is 8.34. The molecule has 2 radical (unpaired) electrons. The van der Waals surface area contributed by atoms with E-state index in [1.54, 1.807) is 0 Å². The summed E-state index contributed by atoms with van der Waals surface area (Å²) in [6.45, 7) is 0. The molecule has 0 saturated heterocycles. The molecule has 0 amide bonds. The minimum absolute atomic E-state index is 2.40. The number of halogens is 6. The van der Waals surface area contributed by atoms with Crippen molar-refractivity contribution in [2.75, 3.05) is 0 Å². The van der Waals surface area contributed by atoms with E-state index in [1.807, 2.05) is 0 Å². The van der Waals surface area contributed by atoms with E-state index in [0.717, 1.165) is 0 Å². The monoisotopic (exact) mass is 538 g/mol. The fourth-order valence-electron chi connectivity index (χ4n) is 0.363. The summed E-state index contributed by atoms with van der Waals surface area (Å²) >= 11 is -3.88. The molecule has 0 aliphatic carbocycles. The van der Waals surface area contributed by atoms with Crippen LogP contribution >= 0.6 is 0 Å². The van der Waals surface area contributed by atoms with Crippen molar-refractivity contribution in [1.29, 1.82) is 0 Å². The molecule has 114 valence electrons. The van der Waals surface area contributed by atoms with Gasteiger partial charge in [-0.3, -0.25) is 0 Å². The summed E-state index contributed by atoms with van der Waals surface area (Å²) < 4.78 is 122. The zero-order valence-electron chi connectivity index (χ0n) is 7.85. The second-order valence-corrected chi connectivity index (χ2v) is 8.96. The third kappa shape index (κ3) is 11.7. The van der Waals surface area contributed by atoms with Crippen molar-refractivity contribution in [2.45, 2.75) is 12.7 Å². The van der Waals surface area contributed by atoms with Gasteiger partial charge in [0.05, 0.1) is 0 Å².